The predicted octanol–water partition coefficient (Wildman–Crippen LogP) is 1.78. The molecule has 1 heterocycles. The Hall–Kier alpha value is -0.890. The summed E-state index contributed by atoms with van der Waals surface area (Å²) >= 11 is 5.52. The van der Waals surface area contributed by atoms with Gasteiger partial charge in [-0.3, -0.25) is 0 Å². The van der Waals surface area contributed by atoms with Gasteiger partial charge in [0.1, 0.15) is 0 Å². The van der Waals surface area contributed by atoms with Crippen LogP contribution in [0.5, 0.6) is 11.5 Å². The maximum absolute atomic E-state index is 5.52. The number of benzene rings is 1. The zero-order chi connectivity index (χ0) is 6.97. The lowest BCUT2D eigenvalue weighted by atomic mass is 10.3. The number of rotatable bonds is 0. The highest BCUT2D eigenvalue weighted by atomic mass is 35.5. The summed E-state index contributed by atoms with van der Waals surface area (Å²) in [5.74, 6) is 0.659. The molecule has 2 nitrogen and oxygen atoms in total. The molecular weight excluding hydrogens is 152 g/mol. The highest BCUT2D eigenvalue weighted by Gasteiger charge is 2.20. The quantitative estimate of drug-likeness (QED) is 0.532. The van der Waals surface area contributed by atoms with E-state index in [2.05, 4.69) is 6.07 Å². The van der Waals surface area contributed by atoms with E-state index in [1.807, 2.05) is 0 Å². The molecule has 1 aromatic carbocycles. The second-order valence-electron chi connectivity index (χ2n) is 1.88. The van der Waals surface area contributed by atoms with Crippen LogP contribution in [-0.4, -0.2) is 5.75 Å². The van der Waals surface area contributed by atoms with Crippen LogP contribution in [0.3, 0.4) is 0 Å². The molecule has 3 heteroatoms. The molecule has 51 valence electrons. The van der Waals surface area contributed by atoms with Crippen LogP contribution in [0.15, 0.2) is 18.2 Å². The number of alkyl halides is 1. The van der Waals surface area contributed by atoms with Crippen molar-refractivity contribution in [3.05, 3.63) is 24.3 Å². The molecule has 1 atom stereocenters. The van der Waals surface area contributed by atoms with Gasteiger partial charge in [0.2, 0.25) is 0 Å². The molecule has 1 aliphatic heterocycles. The SMILES string of the molecule is ClC1Oc2c[c]ccc2O1. The van der Waals surface area contributed by atoms with Crippen molar-refractivity contribution in [3.8, 4) is 11.5 Å². The molecule has 0 N–H and O–H groups in total. The number of halogens is 1. The summed E-state index contributed by atoms with van der Waals surface area (Å²) < 4.78 is 10.0. The van der Waals surface area contributed by atoms with Crippen LogP contribution in [0.2, 0.25) is 0 Å². The number of hydrogen-bond donors (Lipinski definition) is 0. The lowest BCUT2D eigenvalue weighted by Gasteiger charge is -1.96. The Morgan fingerprint density at radius 2 is 2.20 bits per heavy atom. The minimum Gasteiger partial charge on any atom is -0.438 e. The van der Waals surface area contributed by atoms with Crippen molar-refractivity contribution in [2.75, 3.05) is 0 Å². The number of ether oxygens (including phenoxy) is 2. The molecule has 1 radical (unpaired) electrons. The van der Waals surface area contributed by atoms with E-state index in [4.69, 9.17) is 21.1 Å². The van der Waals surface area contributed by atoms with E-state index in [9.17, 15) is 0 Å². The van der Waals surface area contributed by atoms with E-state index in [0.717, 1.165) is 0 Å². The second-order valence-corrected chi connectivity index (χ2v) is 2.24. The molecule has 0 bridgehead atoms. The fourth-order valence-corrected chi connectivity index (χ4v) is 1.01. The normalized spacial score (nSPS) is 15.7. The number of fused-ring (bicyclic) bond motifs is 1. The van der Waals surface area contributed by atoms with E-state index in [1.165, 1.54) is 0 Å². The van der Waals surface area contributed by atoms with Gasteiger partial charge >= 0.3 is 5.75 Å². The Morgan fingerprint density at radius 1 is 1.40 bits per heavy atom. The van der Waals surface area contributed by atoms with Crippen molar-refractivity contribution in [2.24, 2.45) is 0 Å². The van der Waals surface area contributed by atoms with Crippen molar-refractivity contribution in [1.82, 2.24) is 0 Å². The van der Waals surface area contributed by atoms with Crippen molar-refractivity contribution in [3.63, 3.8) is 0 Å². The summed E-state index contributed by atoms with van der Waals surface area (Å²) in [6.07, 6.45) is 0. The van der Waals surface area contributed by atoms with E-state index in [-0.39, 0.29) is 0 Å². The van der Waals surface area contributed by atoms with Crippen molar-refractivity contribution in [2.45, 2.75) is 5.75 Å². The summed E-state index contributed by atoms with van der Waals surface area (Å²) in [6.45, 7) is 0. The molecule has 0 spiro atoms. The van der Waals surface area contributed by atoms with Gasteiger partial charge < -0.3 is 9.47 Å². The molecule has 0 aliphatic carbocycles. The molecular formula is C7H4ClO2. The first-order valence-electron chi connectivity index (χ1n) is 2.84. The molecule has 0 fully saturated rings. The maximum atomic E-state index is 5.52. The van der Waals surface area contributed by atoms with Crippen LogP contribution >= 0.6 is 11.6 Å². The summed E-state index contributed by atoms with van der Waals surface area (Å²) in [7, 11) is 0. The third-order valence-electron chi connectivity index (χ3n) is 1.23. The third-order valence-corrected chi connectivity index (χ3v) is 1.41. The van der Waals surface area contributed by atoms with Crippen LogP contribution < -0.4 is 9.47 Å². The Labute approximate surface area is 63.3 Å². The zero-order valence-corrected chi connectivity index (χ0v) is 5.76. The molecule has 1 aromatic rings. The lowest BCUT2D eigenvalue weighted by molar-refractivity contribution is 0.128. The summed E-state index contributed by atoms with van der Waals surface area (Å²) in [6, 6.07) is 8.05. The molecule has 0 amide bonds. The van der Waals surface area contributed by atoms with Crippen LogP contribution in [0, 0.1) is 6.07 Å². The lowest BCUT2D eigenvalue weighted by Crippen LogP contribution is -2.07. The Morgan fingerprint density at radius 3 is 3.00 bits per heavy atom. The van der Waals surface area contributed by atoms with Crippen molar-refractivity contribution < 1.29 is 9.47 Å². The predicted molar refractivity (Wildman–Crippen MR) is 36.2 cm³/mol. The first kappa shape index (κ1) is 5.86. The maximum Gasteiger partial charge on any atom is 0.322 e. The molecule has 0 saturated heterocycles. The fourth-order valence-electron chi connectivity index (χ4n) is 0.814. The van der Waals surface area contributed by atoms with E-state index in [0.29, 0.717) is 11.5 Å². The Kier molecular flexibility index (Phi) is 1.21. The van der Waals surface area contributed by atoms with Crippen LogP contribution in [0.25, 0.3) is 0 Å². The van der Waals surface area contributed by atoms with E-state index >= 15 is 0 Å². The summed E-state index contributed by atoms with van der Waals surface area (Å²) in [4.78, 5) is 0. The van der Waals surface area contributed by atoms with Gasteiger partial charge in [-0.05, 0) is 29.8 Å². The highest BCUT2D eigenvalue weighted by Crippen LogP contribution is 2.34. The van der Waals surface area contributed by atoms with Gasteiger partial charge in [-0.25, -0.2) is 0 Å². The molecule has 2 rings (SSSR count). The highest BCUT2D eigenvalue weighted by molar-refractivity contribution is 6.19. The average Bonchev–Trinajstić information content (AvgIpc) is 2.27. The summed E-state index contributed by atoms with van der Waals surface area (Å²) in [5.41, 5.74) is 0. The first-order chi connectivity index (χ1) is 4.86. The van der Waals surface area contributed by atoms with Gasteiger partial charge in [0, 0.05) is 0 Å². The smallest absolute Gasteiger partial charge is 0.322 e. The molecule has 0 aromatic heterocycles. The second kappa shape index (κ2) is 2.06. The van der Waals surface area contributed by atoms with Crippen LogP contribution in [0.1, 0.15) is 0 Å². The topological polar surface area (TPSA) is 18.5 Å². The standard InChI is InChI=1S/C7H4ClO2/c8-7-9-5-3-1-2-4-6(5)10-7/h1,3-4,7H. The van der Waals surface area contributed by atoms with Crippen molar-refractivity contribution in [1.29, 1.82) is 0 Å². The fraction of sp³-hybridized carbons (Fsp3) is 0.143. The van der Waals surface area contributed by atoms with Gasteiger partial charge in [-0.2, -0.15) is 0 Å². The molecule has 0 saturated carbocycles. The van der Waals surface area contributed by atoms with Gasteiger partial charge in [0.15, 0.2) is 11.5 Å². The Bertz CT molecular complexity index is 224. The van der Waals surface area contributed by atoms with Gasteiger partial charge in [-0.1, -0.05) is 6.07 Å². The summed E-state index contributed by atoms with van der Waals surface area (Å²) in [5, 5.41) is 0. The third kappa shape index (κ3) is 0.809. The van der Waals surface area contributed by atoms with Crippen molar-refractivity contribution >= 4 is 11.6 Å². The largest absolute Gasteiger partial charge is 0.438 e. The monoisotopic (exact) mass is 155 g/mol. The van der Waals surface area contributed by atoms with Gasteiger partial charge in [0.05, 0.1) is 0 Å². The average molecular weight is 156 g/mol. The number of hydrogen-bond acceptors (Lipinski definition) is 2. The van der Waals surface area contributed by atoms with Gasteiger partial charge in [-0.15, -0.1) is 0 Å². The van der Waals surface area contributed by atoms with Crippen LogP contribution in [0.4, 0.5) is 0 Å². The minimum atomic E-state index is -0.675. The molecule has 1 aliphatic rings. The minimum absolute atomic E-state index is 0.655. The molecule has 1 unspecified atom stereocenters. The van der Waals surface area contributed by atoms with E-state index < -0.39 is 5.75 Å². The zero-order valence-electron chi connectivity index (χ0n) is 5.00. The van der Waals surface area contributed by atoms with Crippen LogP contribution in [-0.2, 0) is 0 Å². The Balaban J connectivity index is 2.42. The van der Waals surface area contributed by atoms with Gasteiger partial charge in [0.25, 0.3) is 0 Å². The molecule has 10 heavy (non-hydrogen) atoms. The van der Waals surface area contributed by atoms with E-state index in [1.54, 1.807) is 18.2 Å². The first-order valence-corrected chi connectivity index (χ1v) is 3.27.